The first-order valence-electron chi connectivity index (χ1n) is 8.17. The van der Waals surface area contributed by atoms with Gasteiger partial charge >= 0.3 is 0 Å². The highest BCUT2D eigenvalue weighted by Crippen LogP contribution is 2.45. The molecule has 4 rings (SSSR count). The monoisotopic (exact) mass is 330 g/mol. The van der Waals surface area contributed by atoms with Crippen molar-refractivity contribution in [1.29, 1.82) is 0 Å². The Morgan fingerprint density at radius 1 is 1.00 bits per heavy atom. The molecule has 0 amide bonds. The largest absolute Gasteiger partial charge is 0.293 e. The Morgan fingerprint density at radius 3 is 2.38 bits per heavy atom. The van der Waals surface area contributed by atoms with Crippen LogP contribution in [-0.4, -0.2) is 5.78 Å². The zero-order chi connectivity index (χ0) is 16.5. The summed E-state index contributed by atoms with van der Waals surface area (Å²) in [5.74, 6) is 0.201. The standard InChI is InChI=1S/C22H18OS/c1-15-21-19(13-17-10-6-3-7-11-17)22(23)18(20(21)14-24-15)12-16-8-4-2-5-9-16/h2-12,14,19H,13H2,1H3/b18-12-. The van der Waals surface area contributed by atoms with Crippen LogP contribution in [0.2, 0.25) is 0 Å². The summed E-state index contributed by atoms with van der Waals surface area (Å²) < 4.78 is 0. The van der Waals surface area contributed by atoms with Gasteiger partial charge in [0.05, 0.1) is 5.92 Å². The molecule has 1 aliphatic rings. The van der Waals surface area contributed by atoms with E-state index in [-0.39, 0.29) is 11.7 Å². The van der Waals surface area contributed by atoms with Crippen molar-refractivity contribution in [1.82, 2.24) is 0 Å². The highest BCUT2D eigenvalue weighted by Gasteiger charge is 2.37. The molecule has 0 aliphatic heterocycles. The molecule has 1 heterocycles. The lowest BCUT2D eigenvalue weighted by atomic mass is 9.93. The SMILES string of the molecule is Cc1scc2c1C(Cc1ccccc1)C(=O)/C2=C\c1ccccc1. The molecule has 0 radical (unpaired) electrons. The fraction of sp³-hybridized carbons (Fsp3) is 0.136. The van der Waals surface area contributed by atoms with Crippen LogP contribution in [0.5, 0.6) is 0 Å². The normalized spacial score (nSPS) is 18.1. The number of hydrogen-bond donors (Lipinski definition) is 0. The average Bonchev–Trinajstić information content (AvgIpc) is 3.11. The molecule has 0 saturated heterocycles. The van der Waals surface area contributed by atoms with Crippen LogP contribution < -0.4 is 0 Å². The minimum absolute atomic E-state index is 0.0522. The molecule has 118 valence electrons. The van der Waals surface area contributed by atoms with E-state index in [1.807, 2.05) is 54.6 Å². The number of carbonyl (C=O) groups excluding carboxylic acids is 1. The summed E-state index contributed by atoms with van der Waals surface area (Å²) >= 11 is 1.74. The van der Waals surface area contributed by atoms with E-state index in [1.165, 1.54) is 16.0 Å². The van der Waals surface area contributed by atoms with Crippen LogP contribution in [0.3, 0.4) is 0 Å². The molecule has 2 aromatic carbocycles. The number of Topliss-reactive ketones (excluding diaryl/α,β-unsaturated/α-hetero) is 1. The molecule has 1 atom stereocenters. The van der Waals surface area contributed by atoms with E-state index in [2.05, 4.69) is 24.4 Å². The van der Waals surface area contributed by atoms with Crippen molar-refractivity contribution in [2.24, 2.45) is 0 Å². The second-order valence-electron chi connectivity index (χ2n) is 6.19. The Kier molecular flexibility index (Phi) is 3.91. The maximum Gasteiger partial charge on any atom is 0.171 e. The van der Waals surface area contributed by atoms with Gasteiger partial charge in [-0.05, 0) is 41.5 Å². The zero-order valence-electron chi connectivity index (χ0n) is 13.5. The summed E-state index contributed by atoms with van der Waals surface area (Å²) in [7, 11) is 0. The van der Waals surface area contributed by atoms with Gasteiger partial charge in [-0.2, -0.15) is 0 Å². The fourth-order valence-electron chi connectivity index (χ4n) is 3.47. The first kappa shape index (κ1) is 15.1. The highest BCUT2D eigenvalue weighted by molar-refractivity contribution is 7.10. The number of allylic oxidation sites excluding steroid dienone is 1. The van der Waals surface area contributed by atoms with Gasteiger partial charge in [0.2, 0.25) is 0 Å². The zero-order valence-corrected chi connectivity index (χ0v) is 14.3. The molecule has 24 heavy (non-hydrogen) atoms. The van der Waals surface area contributed by atoms with Crippen LogP contribution in [0.4, 0.5) is 0 Å². The molecular formula is C22H18OS. The van der Waals surface area contributed by atoms with Gasteiger partial charge in [0.15, 0.2) is 5.78 Å². The average molecular weight is 330 g/mol. The first-order valence-corrected chi connectivity index (χ1v) is 9.05. The Labute approximate surface area is 146 Å². The Balaban J connectivity index is 1.76. The van der Waals surface area contributed by atoms with Gasteiger partial charge in [-0.3, -0.25) is 4.79 Å². The van der Waals surface area contributed by atoms with Gasteiger partial charge in [0, 0.05) is 16.0 Å². The summed E-state index contributed by atoms with van der Waals surface area (Å²) in [6.07, 6.45) is 2.81. The molecule has 1 unspecified atom stereocenters. The van der Waals surface area contributed by atoms with E-state index in [1.54, 1.807) is 11.3 Å². The van der Waals surface area contributed by atoms with Gasteiger partial charge < -0.3 is 0 Å². The van der Waals surface area contributed by atoms with E-state index in [4.69, 9.17) is 0 Å². The summed E-state index contributed by atoms with van der Waals surface area (Å²) in [5.41, 5.74) is 5.52. The quantitative estimate of drug-likeness (QED) is 0.579. The molecule has 0 bridgehead atoms. The molecule has 0 spiro atoms. The molecule has 2 heteroatoms. The fourth-order valence-corrected chi connectivity index (χ4v) is 4.39. The third kappa shape index (κ3) is 2.63. The number of fused-ring (bicyclic) bond motifs is 1. The topological polar surface area (TPSA) is 17.1 Å². The lowest BCUT2D eigenvalue weighted by Gasteiger charge is -2.10. The summed E-state index contributed by atoms with van der Waals surface area (Å²) in [6.45, 7) is 2.13. The Bertz CT molecular complexity index is 904. The molecular weight excluding hydrogens is 312 g/mol. The second kappa shape index (κ2) is 6.21. The van der Waals surface area contributed by atoms with Crippen LogP contribution in [-0.2, 0) is 11.2 Å². The maximum atomic E-state index is 13.1. The van der Waals surface area contributed by atoms with Gasteiger partial charge in [-0.25, -0.2) is 0 Å². The van der Waals surface area contributed by atoms with Gasteiger partial charge in [0.25, 0.3) is 0 Å². The molecule has 0 fully saturated rings. The van der Waals surface area contributed by atoms with E-state index < -0.39 is 0 Å². The molecule has 1 aliphatic carbocycles. The van der Waals surface area contributed by atoms with Crippen LogP contribution in [0.15, 0.2) is 66.0 Å². The van der Waals surface area contributed by atoms with Gasteiger partial charge in [0.1, 0.15) is 0 Å². The van der Waals surface area contributed by atoms with E-state index in [0.29, 0.717) is 0 Å². The minimum atomic E-state index is -0.0522. The number of ketones is 1. The molecule has 0 saturated carbocycles. The number of carbonyl (C=O) groups is 1. The summed E-state index contributed by atoms with van der Waals surface area (Å²) in [5, 5.41) is 2.14. The number of rotatable bonds is 3. The minimum Gasteiger partial charge on any atom is -0.293 e. The first-order chi connectivity index (χ1) is 11.7. The lowest BCUT2D eigenvalue weighted by Crippen LogP contribution is -2.09. The number of aryl methyl sites for hydroxylation is 1. The van der Waals surface area contributed by atoms with Crippen molar-refractivity contribution < 1.29 is 4.79 Å². The second-order valence-corrected chi connectivity index (χ2v) is 7.28. The predicted octanol–water partition coefficient (Wildman–Crippen LogP) is 5.51. The van der Waals surface area contributed by atoms with Crippen molar-refractivity contribution in [2.45, 2.75) is 19.3 Å². The highest BCUT2D eigenvalue weighted by atomic mass is 32.1. The lowest BCUT2D eigenvalue weighted by molar-refractivity contribution is -0.114. The Morgan fingerprint density at radius 2 is 1.67 bits per heavy atom. The van der Waals surface area contributed by atoms with Gasteiger partial charge in [-0.1, -0.05) is 60.7 Å². The van der Waals surface area contributed by atoms with E-state index >= 15 is 0 Å². The smallest absolute Gasteiger partial charge is 0.171 e. The predicted molar refractivity (Wildman–Crippen MR) is 101 cm³/mol. The van der Waals surface area contributed by atoms with Gasteiger partial charge in [-0.15, -0.1) is 11.3 Å². The maximum absolute atomic E-state index is 13.1. The third-order valence-electron chi connectivity index (χ3n) is 4.64. The van der Waals surface area contributed by atoms with Crippen molar-refractivity contribution in [3.63, 3.8) is 0 Å². The number of hydrogen-bond acceptors (Lipinski definition) is 2. The summed E-state index contributed by atoms with van der Waals surface area (Å²) in [4.78, 5) is 14.4. The van der Waals surface area contributed by atoms with E-state index in [9.17, 15) is 4.79 Å². The van der Waals surface area contributed by atoms with Crippen LogP contribution in [0, 0.1) is 6.92 Å². The number of thiophene rings is 1. The van der Waals surface area contributed by atoms with Crippen molar-refractivity contribution in [3.8, 4) is 0 Å². The molecule has 1 aromatic heterocycles. The van der Waals surface area contributed by atoms with Crippen molar-refractivity contribution in [3.05, 3.63) is 93.2 Å². The van der Waals surface area contributed by atoms with E-state index in [0.717, 1.165) is 23.1 Å². The molecule has 1 nitrogen and oxygen atoms in total. The third-order valence-corrected chi connectivity index (χ3v) is 5.56. The van der Waals surface area contributed by atoms with Crippen molar-refractivity contribution in [2.75, 3.05) is 0 Å². The summed E-state index contributed by atoms with van der Waals surface area (Å²) in [6, 6.07) is 20.4. The molecule has 3 aromatic rings. The van der Waals surface area contributed by atoms with Crippen molar-refractivity contribution >= 4 is 28.8 Å². The van der Waals surface area contributed by atoms with Crippen LogP contribution in [0.25, 0.3) is 11.6 Å². The Hall–Kier alpha value is -2.45. The van der Waals surface area contributed by atoms with Crippen LogP contribution in [0.1, 0.15) is 33.0 Å². The van der Waals surface area contributed by atoms with Crippen LogP contribution >= 0.6 is 11.3 Å². The molecule has 0 N–H and O–H groups in total. The number of benzene rings is 2.